The summed E-state index contributed by atoms with van der Waals surface area (Å²) < 4.78 is 11.0. The van der Waals surface area contributed by atoms with E-state index in [1.807, 2.05) is 42.5 Å². The standard InChI is InChI=1S/C25H24N2O5/c28-23(20-11-7-15-32-20)21-22(17-8-2-1-3-9-17)27(25(30)24(21)29)16-18(19-10-6-14-31-19)26-12-4-5-13-26/h1-3,6-11,14-15,18,22,29H,4-5,12-13,16H2. The van der Waals surface area contributed by atoms with Gasteiger partial charge in [0.25, 0.3) is 5.91 Å². The topological polar surface area (TPSA) is 87.1 Å². The van der Waals surface area contributed by atoms with Crippen molar-refractivity contribution >= 4 is 11.7 Å². The number of rotatable bonds is 7. The molecular formula is C25H24N2O5. The van der Waals surface area contributed by atoms with Crippen LogP contribution in [-0.2, 0) is 4.79 Å². The maximum Gasteiger partial charge on any atom is 0.290 e. The molecule has 32 heavy (non-hydrogen) atoms. The number of benzene rings is 1. The first-order chi connectivity index (χ1) is 15.6. The number of likely N-dealkylation sites (tertiary alicyclic amines) is 1. The second kappa shape index (κ2) is 8.51. The Labute approximate surface area is 185 Å². The predicted octanol–water partition coefficient (Wildman–Crippen LogP) is 4.29. The van der Waals surface area contributed by atoms with Gasteiger partial charge in [0.1, 0.15) is 5.76 Å². The van der Waals surface area contributed by atoms with Crippen molar-refractivity contribution in [3.8, 4) is 0 Å². The zero-order chi connectivity index (χ0) is 22.1. The highest BCUT2D eigenvalue weighted by molar-refractivity contribution is 6.15. The third kappa shape index (κ3) is 3.54. The summed E-state index contributed by atoms with van der Waals surface area (Å²) in [4.78, 5) is 30.4. The van der Waals surface area contributed by atoms with Crippen molar-refractivity contribution in [2.24, 2.45) is 0 Å². The molecule has 0 radical (unpaired) electrons. The highest BCUT2D eigenvalue weighted by atomic mass is 16.3. The highest BCUT2D eigenvalue weighted by Crippen LogP contribution is 2.41. The Kier molecular flexibility index (Phi) is 5.41. The molecule has 0 bridgehead atoms. The van der Waals surface area contributed by atoms with E-state index >= 15 is 0 Å². The Morgan fingerprint density at radius 3 is 2.38 bits per heavy atom. The largest absolute Gasteiger partial charge is 0.503 e. The molecule has 3 aromatic rings. The monoisotopic (exact) mass is 432 g/mol. The van der Waals surface area contributed by atoms with Crippen molar-refractivity contribution < 1.29 is 23.5 Å². The quantitative estimate of drug-likeness (QED) is 0.561. The molecule has 7 heteroatoms. The van der Waals surface area contributed by atoms with Gasteiger partial charge in [0.15, 0.2) is 11.5 Å². The number of carbonyl (C=O) groups excluding carboxylic acids is 2. The third-order valence-corrected chi connectivity index (χ3v) is 6.23. The molecule has 1 amide bonds. The van der Waals surface area contributed by atoms with Gasteiger partial charge in [0, 0.05) is 6.54 Å². The zero-order valence-electron chi connectivity index (χ0n) is 17.5. The van der Waals surface area contributed by atoms with Gasteiger partial charge in [-0.2, -0.15) is 0 Å². The molecule has 1 N–H and O–H groups in total. The molecule has 2 aliphatic rings. The minimum absolute atomic E-state index is 0.0377. The molecule has 7 nitrogen and oxygen atoms in total. The van der Waals surface area contributed by atoms with Gasteiger partial charge in [0.2, 0.25) is 5.78 Å². The zero-order valence-corrected chi connectivity index (χ0v) is 17.5. The van der Waals surface area contributed by atoms with Gasteiger partial charge in [-0.3, -0.25) is 14.5 Å². The summed E-state index contributed by atoms with van der Waals surface area (Å²) in [6, 6.07) is 15.3. The van der Waals surface area contributed by atoms with Crippen LogP contribution in [0.4, 0.5) is 0 Å². The van der Waals surface area contributed by atoms with E-state index in [0.29, 0.717) is 0 Å². The summed E-state index contributed by atoms with van der Waals surface area (Å²) in [7, 11) is 0. The van der Waals surface area contributed by atoms with E-state index in [0.717, 1.165) is 37.3 Å². The number of hydrogen-bond acceptors (Lipinski definition) is 6. The van der Waals surface area contributed by atoms with Crippen molar-refractivity contribution in [1.29, 1.82) is 0 Å². The van der Waals surface area contributed by atoms with E-state index in [2.05, 4.69) is 4.90 Å². The van der Waals surface area contributed by atoms with Crippen molar-refractivity contribution in [1.82, 2.24) is 9.80 Å². The molecule has 0 spiro atoms. The van der Waals surface area contributed by atoms with E-state index in [9.17, 15) is 14.7 Å². The molecule has 0 saturated carbocycles. The van der Waals surface area contributed by atoms with E-state index in [4.69, 9.17) is 8.83 Å². The normalized spacial score (nSPS) is 20.3. The Balaban J connectivity index is 1.55. The summed E-state index contributed by atoms with van der Waals surface area (Å²) in [5.41, 5.74) is 0.787. The van der Waals surface area contributed by atoms with E-state index in [-0.39, 0.29) is 23.9 Å². The third-order valence-electron chi connectivity index (χ3n) is 6.23. The smallest absolute Gasteiger partial charge is 0.290 e. The van der Waals surface area contributed by atoms with Crippen LogP contribution in [-0.4, -0.2) is 46.2 Å². The van der Waals surface area contributed by atoms with Crippen molar-refractivity contribution in [2.75, 3.05) is 19.6 Å². The lowest BCUT2D eigenvalue weighted by molar-refractivity contribution is -0.130. The average Bonchev–Trinajstić information content (AvgIpc) is 3.62. The van der Waals surface area contributed by atoms with Crippen LogP contribution in [0.25, 0.3) is 0 Å². The van der Waals surface area contributed by atoms with Crippen LogP contribution in [0.5, 0.6) is 0 Å². The number of ketones is 1. The number of carbonyl (C=O) groups is 2. The SMILES string of the molecule is O=C(C1=C(O)C(=O)N(CC(c2ccco2)N2CCCC2)C1c1ccccc1)c1ccco1. The van der Waals surface area contributed by atoms with Gasteiger partial charge in [-0.15, -0.1) is 0 Å². The van der Waals surface area contributed by atoms with Crippen LogP contribution in [0, 0.1) is 0 Å². The van der Waals surface area contributed by atoms with E-state index < -0.39 is 23.5 Å². The fraction of sp³-hybridized carbons (Fsp3) is 0.280. The molecule has 1 saturated heterocycles. The van der Waals surface area contributed by atoms with Gasteiger partial charge in [-0.25, -0.2) is 0 Å². The van der Waals surface area contributed by atoms with Crippen LogP contribution in [0.15, 0.2) is 87.3 Å². The molecule has 1 aromatic carbocycles. The van der Waals surface area contributed by atoms with E-state index in [1.54, 1.807) is 17.2 Å². The second-order valence-corrected chi connectivity index (χ2v) is 8.11. The number of aliphatic hydroxyl groups is 1. The molecule has 1 fully saturated rings. The van der Waals surface area contributed by atoms with Crippen LogP contribution >= 0.6 is 0 Å². The van der Waals surface area contributed by atoms with Gasteiger partial charge in [-0.1, -0.05) is 30.3 Å². The molecule has 2 atom stereocenters. The summed E-state index contributed by atoms with van der Waals surface area (Å²) in [6.45, 7) is 2.09. The van der Waals surface area contributed by atoms with Crippen LogP contribution in [0.2, 0.25) is 0 Å². The van der Waals surface area contributed by atoms with Crippen molar-refractivity contribution in [3.05, 3.63) is 95.5 Å². The van der Waals surface area contributed by atoms with Crippen LogP contribution in [0.1, 0.15) is 46.8 Å². The van der Waals surface area contributed by atoms with Gasteiger partial charge in [-0.05, 0) is 55.8 Å². The lowest BCUT2D eigenvalue weighted by Crippen LogP contribution is -2.40. The Bertz CT molecular complexity index is 1110. The number of amides is 1. The molecule has 2 aliphatic heterocycles. The minimum Gasteiger partial charge on any atom is -0.503 e. The number of aliphatic hydroxyl groups excluding tert-OH is 1. The van der Waals surface area contributed by atoms with Gasteiger partial charge in [0.05, 0.1) is 30.2 Å². The van der Waals surface area contributed by atoms with E-state index in [1.165, 1.54) is 12.3 Å². The summed E-state index contributed by atoms with van der Waals surface area (Å²) in [6.07, 6.45) is 5.19. The second-order valence-electron chi connectivity index (χ2n) is 8.11. The summed E-state index contributed by atoms with van der Waals surface area (Å²) in [5, 5.41) is 10.8. The highest BCUT2D eigenvalue weighted by Gasteiger charge is 2.46. The Morgan fingerprint density at radius 1 is 1.00 bits per heavy atom. The molecule has 2 unspecified atom stereocenters. The van der Waals surface area contributed by atoms with Crippen molar-refractivity contribution in [2.45, 2.75) is 24.9 Å². The number of Topliss-reactive ketones (excluding diaryl/α,β-unsaturated/α-hetero) is 1. The number of hydrogen-bond donors (Lipinski definition) is 1. The summed E-state index contributed by atoms with van der Waals surface area (Å²) in [5.74, 6) is -0.738. The van der Waals surface area contributed by atoms with Gasteiger partial charge < -0.3 is 18.8 Å². The maximum absolute atomic E-state index is 13.3. The van der Waals surface area contributed by atoms with Crippen LogP contribution in [0.3, 0.4) is 0 Å². The fourth-order valence-electron chi connectivity index (χ4n) is 4.70. The fourth-order valence-corrected chi connectivity index (χ4v) is 4.70. The molecular weight excluding hydrogens is 408 g/mol. The average molecular weight is 432 g/mol. The lowest BCUT2D eigenvalue weighted by atomic mass is 9.95. The van der Waals surface area contributed by atoms with Crippen molar-refractivity contribution in [3.63, 3.8) is 0 Å². The minimum atomic E-state index is -0.721. The maximum atomic E-state index is 13.3. The van der Waals surface area contributed by atoms with Crippen LogP contribution < -0.4 is 0 Å². The number of nitrogens with zero attached hydrogens (tertiary/aromatic N) is 2. The predicted molar refractivity (Wildman–Crippen MR) is 116 cm³/mol. The molecule has 0 aliphatic carbocycles. The molecule has 4 heterocycles. The Morgan fingerprint density at radius 2 is 1.72 bits per heavy atom. The summed E-state index contributed by atoms with van der Waals surface area (Å²) >= 11 is 0. The lowest BCUT2D eigenvalue weighted by Gasteiger charge is -2.33. The number of furan rings is 2. The van der Waals surface area contributed by atoms with Gasteiger partial charge >= 0.3 is 0 Å². The molecule has 5 rings (SSSR count). The molecule has 2 aromatic heterocycles. The first-order valence-corrected chi connectivity index (χ1v) is 10.8. The first kappa shape index (κ1) is 20.3. The Hall–Kier alpha value is -3.58. The molecule has 164 valence electrons. The first-order valence-electron chi connectivity index (χ1n) is 10.8.